The van der Waals surface area contributed by atoms with E-state index in [-0.39, 0.29) is 34.7 Å². The number of anilines is 1. The molecule has 0 bridgehead atoms. The molecule has 2 atom stereocenters. The van der Waals surface area contributed by atoms with Gasteiger partial charge in [0.15, 0.2) is 5.82 Å². The lowest BCUT2D eigenvalue weighted by Crippen LogP contribution is -2.31. The number of fused-ring (bicyclic) bond motifs is 1. The molecule has 2 fully saturated rings. The molecule has 46 heavy (non-hydrogen) atoms. The number of nitrogens with zero attached hydrogens (tertiary/aromatic N) is 3. The molecule has 2 heterocycles. The van der Waals surface area contributed by atoms with E-state index in [1.54, 1.807) is 30.3 Å². The van der Waals surface area contributed by atoms with Gasteiger partial charge in [0.1, 0.15) is 29.3 Å². The van der Waals surface area contributed by atoms with Crippen molar-refractivity contribution in [1.29, 1.82) is 0 Å². The van der Waals surface area contributed by atoms with E-state index < -0.39 is 15.6 Å². The first kappa shape index (κ1) is 29.8. The lowest BCUT2D eigenvalue weighted by molar-refractivity contribution is 0.391. The Kier molecular flexibility index (Phi) is 7.47. The molecule has 7 rings (SSSR count). The highest BCUT2D eigenvalue weighted by Crippen LogP contribution is 2.60. The molecule has 5 aromatic rings. The van der Waals surface area contributed by atoms with Crippen LogP contribution in [-0.4, -0.2) is 39.5 Å². The summed E-state index contributed by atoms with van der Waals surface area (Å²) >= 11 is 0. The SMILES string of the molecule is COc1ccc(CN(c2ccon2)S(=O)(=O)c2ccc3c(ccc(=O)n3-c3cc(F)c([C@@H]4C[C@H]4C4CC4)cc3OC)c2)c(OC)c1. The Bertz CT molecular complexity index is 2110. The van der Waals surface area contributed by atoms with Crippen molar-refractivity contribution in [2.75, 3.05) is 25.6 Å². The van der Waals surface area contributed by atoms with Gasteiger partial charge in [-0.2, -0.15) is 0 Å². The number of aromatic nitrogens is 2. The van der Waals surface area contributed by atoms with Crippen molar-refractivity contribution >= 4 is 26.7 Å². The van der Waals surface area contributed by atoms with Gasteiger partial charge in [0.05, 0.1) is 44.0 Å². The second-order valence-corrected chi connectivity index (χ2v) is 13.5. The van der Waals surface area contributed by atoms with Gasteiger partial charge in [-0.25, -0.2) is 17.1 Å². The topological polar surface area (TPSA) is 113 Å². The van der Waals surface area contributed by atoms with Gasteiger partial charge in [-0.3, -0.25) is 9.36 Å². The number of hydrogen-bond donors (Lipinski definition) is 0. The average molecular weight is 646 g/mol. The van der Waals surface area contributed by atoms with E-state index in [1.165, 1.54) is 81.4 Å². The first-order valence-corrected chi connectivity index (χ1v) is 16.3. The van der Waals surface area contributed by atoms with Gasteiger partial charge in [-0.1, -0.05) is 5.16 Å². The summed E-state index contributed by atoms with van der Waals surface area (Å²) in [7, 11) is 0.279. The molecular formula is C34H32FN3O7S. The molecular weight excluding hydrogens is 613 g/mol. The predicted molar refractivity (Wildman–Crippen MR) is 169 cm³/mol. The monoisotopic (exact) mass is 645 g/mol. The molecule has 3 aromatic carbocycles. The Morgan fingerprint density at radius 3 is 2.46 bits per heavy atom. The molecule has 0 aliphatic heterocycles. The van der Waals surface area contributed by atoms with Gasteiger partial charge in [0.2, 0.25) is 0 Å². The van der Waals surface area contributed by atoms with E-state index in [0.29, 0.717) is 51.1 Å². The normalized spacial score (nSPS) is 17.6. The van der Waals surface area contributed by atoms with Crippen LogP contribution in [-0.2, 0) is 16.6 Å². The Morgan fingerprint density at radius 1 is 0.957 bits per heavy atom. The number of ether oxygens (including phenoxy) is 3. The average Bonchev–Trinajstić information content (AvgIpc) is 3.99. The zero-order valence-electron chi connectivity index (χ0n) is 25.5. The van der Waals surface area contributed by atoms with E-state index in [1.807, 2.05) is 0 Å². The smallest absolute Gasteiger partial charge is 0.265 e. The van der Waals surface area contributed by atoms with Gasteiger partial charge in [-0.15, -0.1) is 0 Å². The molecule has 0 radical (unpaired) electrons. The van der Waals surface area contributed by atoms with Crippen LogP contribution in [0.2, 0.25) is 0 Å². The molecule has 0 unspecified atom stereocenters. The van der Waals surface area contributed by atoms with E-state index >= 15 is 4.39 Å². The summed E-state index contributed by atoms with van der Waals surface area (Å²) in [5, 5.41) is 4.35. The minimum absolute atomic E-state index is 0.0472. The predicted octanol–water partition coefficient (Wildman–Crippen LogP) is 6.05. The van der Waals surface area contributed by atoms with Crippen LogP contribution in [0, 0.1) is 17.7 Å². The molecule has 12 heteroatoms. The van der Waals surface area contributed by atoms with Gasteiger partial charge in [0.25, 0.3) is 15.6 Å². The van der Waals surface area contributed by atoms with Crippen LogP contribution in [0.3, 0.4) is 0 Å². The number of pyridine rings is 1. The summed E-state index contributed by atoms with van der Waals surface area (Å²) in [6.45, 7) is -0.120. The lowest BCUT2D eigenvalue weighted by atomic mass is 10.0. The Balaban J connectivity index is 1.28. The summed E-state index contributed by atoms with van der Waals surface area (Å²) in [6, 6.07) is 16.9. The summed E-state index contributed by atoms with van der Waals surface area (Å²) in [5.41, 5.74) is 1.40. The van der Waals surface area contributed by atoms with Crippen molar-refractivity contribution < 1.29 is 31.5 Å². The number of benzene rings is 3. The maximum Gasteiger partial charge on any atom is 0.265 e. The van der Waals surface area contributed by atoms with Crippen LogP contribution in [0.15, 0.2) is 87.2 Å². The first-order chi connectivity index (χ1) is 22.2. The Hall–Kier alpha value is -4.84. The number of hydrogen-bond acceptors (Lipinski definition) is 8. The van der Waals surface area contributed by atoms with E-state index in [4.69, 9.17) is 18.7 Å². The van der Waals surface area contributed by atoms with Gasteiger partial charge < -0.3 is 18.7 Å². The standard InChI is InChI=1S/C34H32FN3O7S/c1-42-23-8-6-22(31(15-23)43-2)19-37(33-12-13-45-36-33)46(40,41)24-9-10-29-21(14-24)7-11-34(39)38(29)30-18-28(35)27(17-32(30)44-3)26-16-25(26)20-4-5-20/h6-15,17-18,20,25-26H,4-5,16,19H2,1-3H3/t25-,26+/m0/s1. The third-order valence-electron chi connectivity index (χ3n) is 8.95. The lowest BCUT2D eigenvalue weighted by Gasteiger charge is -2.23. The number of sulfonamides is 1. The molecule has 2 aliphatic carbocycles. The first-order valence-electron chi connectivity index (χ1n) is 14.9. The largest absolute Gasteiger partial charge is 0.497 e. The van der Waals surface area contributed by atoms with Crippen LogP contribution in [0.4, 0.5) is 10.2 Å². The molecule has 2 aliphatic rings. The van der Waals surface area contributed by atoms with Crippen molar-refractivity contribution in [3.05, 3.63) is 100 Å². The van der Waals surface area contributed by atoms with Crippen molar-refractivity contribution in [2.24, 2.45) is 11.8 Å². The molecule has 0 saturated heterocycles. The fourth-order valence-electron chi connectivity index (χ4n) is 6.32. The van der Waals surface area contributed by atoms with Crippen LogP contribution in [0.5, 0.6) is 17.2 Å². The molecule has 2 saturated carbocycles. The summed E-state index contributed by atoms with van der Waals surface area (Å²) < 4.78 is 67.9. The molecule has 10 nitrogen and oxygen atoms in total. The fourth-order valence-corrected chi connectivity index (χ4v) is 7.74. The number of rotatable bonds is 11. The molecule has 0 spiro atoms. The third-order valence-corrected chi connectivity index (χ3v) is 10.7. The maximum absolute atomic E-state index is 15.6. The quantitative estimate of drug-likeness (QED) is 0.171. The van der Waals surface area contributed by atoms with Gasteiger partial charge in [-0.05, 0) is 85.0 Å². The van der Waals surface area contributed by atoms with E-state index in [2.05, 4.69) is 5.16 Å². The van der Waals surface area contributed by atoms with Crippen molar-refractivity contribution in [3.8, 4) is 22.9 Å². The summed E-state index contributed by atoms with van der Waals surface area (Å²) in [6.07, 6.45) is 4.65. The Morgan fingerprint density at radius 2 is 1.76 bits per heavy atom. The molecule has 238 valence electrons. The van der Waals surface area contributed by atoms with Crippen molar-refractivity contribution in [2.45, 2.75) is 36.6 Å². The van der Waals surface area contributed by atoms with Crippen molar-refractivity contribution in [3.63, 3.8) is 0 Å². The maximum atomic E-state index is 15.6. The molecule has 0 amide bonds. The van der Waals surface area contributed by atoms with E-state index in [9.17, 15) is 13.2 Å². The summed E-state index contributed by atoms with van der Waals surface area (Å²) in [4.78, 5) is 13.2. The number of halogens is 1. The van der Waals surface area contributed by atoms with E-state index in [0.717, 1.165) is 10.7 Å². The van der Waals surface area contributed by atoms with Crippen LogP contribution < -0.4 is 24.1 Å². The van der Waals surface area contributed by atoms with Crippen LogP contribution in [0.25, 0.3) is 16.6 Å². The highest BCUT2D eigenvalue weighted by Gasteiger charge is 2.49. The number of methoxy groups -OCH3 is 3. The molecule has 2 aromatic heterocycles. The zero-order valence-corrected chi connectivity index (χ0v) is 26.3. The minimum atomic E-state index is -4.23. The second kappa shape index (κ2) is 11.5. The van der Waals surface area contributed by atoms with Crippen molar-refractivity contribution in [1.82, 2.24) is 9.72 Å². The third kappa shape index (κ3) is 5.26. The summed E-state index contributed by atoms with van der Waals surface area (Å²) in [5.74, 6) is 2.40. The molecule has 0 N–H and O–H groups in total. The Labute approximate surface area is 265 Å². The fraction of sp³-hybridized carbons (Fsp3) is 0.294. The zero-order chi connectivity index (χ0) is 32.2. The highest BCUT2D eigenvalue weighted by atomic mass is 32.2. The van der Waals surface area contributed by atoms with Crippen LogP contribution in [0.1, 0.15) is 36.3 Å². The van der Waals surface area contributed by atoms with Gasteiger partial charge in [0, 0.05) is 35.2 Å². The second-order valence-electron chi connectivity index (χ2n) is 11.7. The van der Waals surface area contributed by atoms with Crippen LogP contribution >= 0.6 is 0 Å². The minimum Gasteiger partial charge on any atom is -0.497 e. The van der Waals surface area contributed by atoms with Gasteiger partial charge >= 0.3 is 0 Å². The highest BCUT2D eigenvalue weighted by molar-refractivity contribution is 7.92.